The highest BCUT2D eigenvalue weighted by Gasteiger charge is 2.19. The van der Waals surface area contributed by atoms with Gasteiger partial charge in [0, 0.05) is 25.9 Å². The fraction of sp³-hybridized carbons (Fsp3) is 0.308. The summed E-state index contributed by atoms with van der Waals surface area (Å²) in [5.41, 5.74) is 8.16. The van der Waals surface area contributed by atoms with Crippen LogP contribution >= 0.6 is 0 Å². The van der Waals surface area contributed by atoms with Gasteiger partial charge in [-0.15, -0.1) is 0 Å². The summed E-state index contributed by atoms with van der Waals surface area (Å²) in [6.45, 7) is 2.05. The second-order valence-corrected chi connectivity index (χ2v) is 4.21. The molecule has 0 atom stereocenters. The van der Waals surface area contributed by atoms with Crippen molar-refractivity contribution in [1.29, 1.82) is 0 Å². The number of nitrogens with zero attached hydrogens (tertiary/aromatic N) is 3. The number of ether oxygens (including phenoxy) is 1. The first kappa shape index (κ1) is 13.1. The molecule has 0 fully saturated rings. The Morgan fingerprint density at radius 3 is 2.68 bits per heavy atom. The van der Waals surface area contributed by atoms with Crippen LogP contribution in [0.2, 0.25) is 0 Å². The molecule has 0 radical (unpaired) electrons. The Kier molecular flexibility index (Phi) is 3.79. The quantitative estimate of drug-likeness (QED) is 0.832. The molecule has 2 rings (SSSR count). The van der Waals surface area contributed by atoms with Gasteiger partial charge < -0.3 is 10.5 Å². The molecule has 0 spiro atoms. The Morgan fingerprint density at radius 1 is 1.42 bits per heavy atom. The molecular weight excluding hydrogens is 244 g/mol. The molecule has 0 amide bonds. The summed E-state index contributed by atoms with van der Waals surface area (Å²) >= 11 is 0. The number of aromatic nitrogens is 3. The van der Waals surface area contributed by atoms with Gasteiger partial charge in [0.2, 0.25) is 0 Å². The number of pyridine rings is 1. The summed E-state index contributed by atoms with van der Waals surface area (Å²) in [5, 5.41) is 4.08. The maximum Gasteiger partial charge on any atom is 0.358 e. The van der Waals surface area contributed by atoms with Gasteiger partial charge in [-0.3, -0.25) is 9.67 Å². The van der Waals surface area contributed by atoms with Crippen LogP contribution < -0.4 is 5.73 Å². The lowest BCUT2D eigenvalue weighted by atomic mass is 10.2. The van der Waals surface area contributed by atoms with E-state index in [9.17, 15) is 4.79 Å². The van der Waals surface area contributed by atoms with Gasteiger partial charge in [-0.1, -0.05) is 0 Å². The molecule has 2 N–H and O–H groups in total. The zero-order chi connectivity index (χ0) is 13.8. The SMILES string of the molecule is Cc1nn(C)c(C(=O)OCCc2ccncc2)c1N. The predicted octanol–water partition coefficient (Wildman–Crippen LogP) is 1.11. The Balaban J connectivity index is 1.95. The molecule has 0 aromatic carbocycles. The molecule has 0 bridgehead atoms. The molecule has 2 heterocycles. The summed E-state index contributed by atoms with van der Waals surface area (Å²) in [7, 11) is 1.67. The summed E-state index contributed by atoms with van der Waals surface area (Å²) in [4.78, 5) is 15.8. The van der Waals surface area contributed by atoms with Crippen molar-refractivity contribution in [1.82, 2.24) is 14.8 Å². The molecule has 0 aliphatic heterocycles. The highest BCUT2D eigenvalue weighted by atomic mass is 16.5. The number of hydrogen-bond donors (Lipinski definition) is 1. The van der Waals surface area contributed by atoms with E-state index < -0.39 is 5.97 Å². The van der Waals surface area contributed by atoms with E-state index in [2.05, 4.69) is 10.1 Å². The summed E-state index contributed by atoms with van der Waals surface area (Å²) in [5.74, 6) is -0.449. The lowest BCUT2D eigenvalue weighted by Gasteiger charge is -2.05. The second-order valence-electron chi connectivity index (χ2n) is 4.21. The predicted molar refractivity (Wildman–Crippen MR) is 70.6 cm³/mol. The highest BCUT2D eigenvalue weighted by molar-refractivity contribution is 5.93. The lowest BCUT2D eigenvalue weighted by Crippen LogP contribution is -2.14. The van der Waals surface area contributed by atoms with E-state index in [1.807, 2.05) is 12.1 Å². The molecule has 6 nitrogen and oxygen atoms in total. The van der Waals surface area contributed by atoms with E-state index in [1.165, 1.54) is 4.68 Å². The Bertz CT molecular complexity index is 578. The molecule has 2 aromatic heterocycles. The number of carbonyl (C=O) groups is 1. The number of esters is 1. The third-order valence-electron chi connectivity index (χ3n) is 2.84. The lowest BCUT2D eigenvalue weighted by molar-refractivity contribution is 0.0498. The van der Waals surface area contributed by atoms with Gasteiger partial charge in [0.1, 0.15) is 0 Å². The smallest absolute Gasteiger partial charge is 0.358 e. The number of nitrogen functional groups attached to an aromatic ring is 1. The van der Waals surface area contributed by atoms with Crippen molar-refractivity contribution in [3.8, 4) is 0 Å². The maximum absolute atomic E-state index is 11.9. The first-order chi connectivity index (χ1) is 9.09. The number of hydrogen-bond acceptors (Lipinski definition) is 5. The molecule has 0 aliphatic rings. The topological polar surface area (TPSA) is 83.0 Å². The number of rotatable bonds is 4. The molecular formula is C13H16N4O2. The van der Waals surface area contributed by atoms with Crippen molar-refractivity contribution < 1.29 is 9.53 Å². The van der Waals surface area contributed by atoms with Gasteiger partial charge >= 0.3 is 5.97 Å². The minimum absolute atomic E-state index is 0.298. The Labute approximate surface area is 111 Å². The average Bonchev–Trinajstić information content (AvgIpc) is 2.64. The van der Waals surface area contributed by atoms with E-state index >= 15 is 0 Å². The number of aryl methyl sites for hydroxylation is 2. The van der Waals surface area contributed by atoms with Crippen molar-refractivity contribution in [2.45, 2.75) is 13.3 Å². The van der Waals surface area contributed by atoms with Crippen molar-refractivity contribution in [2.24, 2.45) is 7.05 Å². The summed E-state index contributed by atoms with van der Waals surface area (Å²) in [6, 6.07) is 3.77. The molecule has 19 heavy (non-hydrogen) atoms. The van der Waals surface area contributed by atoms with Crippen LogP contribution in [-0.2, 0) is 18.2 Å². The summed E-state index contributed by atoms with van der Waals surface area (Å²) in [6.07, 6.45) is 4.06. The third kappa shape index (κ3) is 2.90. The molecule has 0 unspecified atom stereocenters. The average molecular weight is 260 g/mol. The van der Waals surface area contributed by atoms with Crippen LogP contribution in [-0.4, -0.2) is 27.3 Å². The van der Waals surface area contributed by atoms with Crippen LogP contribution in [0.25, 0.3) is 0 Å². The van der Waals surface area contributed by atoms with Crippen molar-refractivity contribution in [3.63, 3.8) is 0 Å². The molecule has 2 aromatic rings. The van der Waals surface area contributed by atoms with E-state index in [0.717, 1.165) is 5.56 Å². The molecule has 100 valence electrons. The van der Waals surface area contributed by atoms with Crippen LogP contribution in [0.15, 0.2) is 24.5 Å². The first-order valence-electron chi connectivity index (χ1n) is 5.94. The van der Waals surface area contributed by atoms with Crippen molar-refractivity contribution in [2.75, 3.05) is 12.3 Å². The van der Waals surface area contributed by atoms with Crippen LogP contribution in [0.1, 0.15) is 21.7 Å². The Morgan fingerprint density at radius 2 is 2.11 bits per heavy atom. The normalized spacial score (nSPS) is 10.4. The van der Waals surface area contributed by atoms with Crippen LogP contribution in [0.5, 0.6) is 0 Å². The largest absolute Gasteiger partial charge is 0.461 e. The van der Waals surface area contributed by atoms with Gasteiger partial charge in [-0.2, -0.15) is 5.10 Å². The summed E-state index contributed by atoms with van der Waals surface area (Å²) < 4.78 is 6.65. The minimum atomic E-state index is -0.449. The zero-order valence-electron chi connectivity index (χ0n) is 11.0. The van der Waals surface area contributed by atoms with E-state index in [-0.39, 0.29) is 0 Å². The van der Waals surface area contributed by atoms with Crippen molar-refractivity contribution in [3.05, 3.63) is 41.5 Å². The highest BCUT2D eigenvalue weighted by Crippen LogP contribution is 2.16. The Hall–Kier alpha value is -2.37. The monoisotopic (exact) mass is 260 g/mol. The van der Waals surface area contributed by atoms with Gasteiger partial charge in [-0.05, 0) is 24.6 Å². The second kappa shape index (κ2) is 5.51. The van der Waals surface area contributed by atoms with Crippen LogP contribution in [0.4, 0.5) is 5.69 Å². The van der Waals surface area contributed by atoms with Crippen molar-refractivity contribution >= 4 is 11.7 Å². The van der Waals surface area contributed by atoms with Gasteiger partial charge in [-0.25, -0.2) is 4.79 Å². The van der Waals surface area contributed by atoms with E-state index in [1.54, 1.807) is 26.4 Å². The van der Waals surface area contributed by atoms with Gasteiger partial charge in [0.05, 0.1) is 18.0 Å². The van der Waals surface area contributed by atoms with Crippen LogP contribution in [0.3, 0.4) is 0 Å². The molecule has 6 heteroatoms. The maximum atomic E-state index is 11.9. The minimum Gasteiger partial charge on any atom is -0.461 e. The standard InChI is InChI=1S/C13H16N4O2/c1-9-11(14)12(17(2)16-9)13(18)19-8-5-10-3-6-15-7-4-10/h3-4,6-7H,5,8,14H2,1-2H3. The molecule has 0 saturated heterocycles. The van der Waals surface area contributed by atoms with Gasteiger partial charge in [0.15, 0.2) is 5.69 Å². The first-order valence-corrected chi connectivity index (χ1v) is 5.94. The molecule has 0 aliphatic carbocycles. The fourth-order valence-electron chi connectivity index (χ4n) is 1.80. The van der Waals surface area contributed by atoms with Gasteiger partial charge in [0.25, 0.3) is 0 Å². The number of anilines is 1. The fourth-order valence-corrected chi connectivity index (χ4v) is 1.80. The number of carbonyl (C=O) groups excluding carboxylic acids is 1. The molecule has 0 saturated carbocycles. The number of nitrogens with two attached hydrogens (primary N) is 1. The zero-order valence-corrected chi connectivity index (χ0v) is 11.0. The van der Waals surface area contributed by atoms with E-state index in [0.29, 0.717) is 30.1 Å². The van der Waals surface area contributed by atoms with Crippen LogP contribution in [0, 0.1) is 6.92 Å². The van der Waals surface area contributed by atoms with E-state index in [4.69, 9.17) is 10.5 Å². The third-order valence-corrected chi connectivity index (χ3v) is 2.84.